The third kappa shape index (κ3) is 3.63. The molecule has 0 radical (unpaired) electrons. The first-order valence-electron chi connectivity index (χ1n) is 5.94. The minimum Gasteiger partial charge on any atom is -0.299 e. The Labute approximate surface area is 127 Å². The van der Waals surface area contributed by atoms with Crippen LogP contribution in [-0.2, 0) is 0 Å². The first-order chi connectivity index (χ1) is 10.9. The van der Waals surface area contributed by atoms with Gasteiger partial charge in [-0.15, -0.1) is 0 Å². The molecule has 0 spiro atoms. The molecule has 2 rings (SSSR count). The Bertz CT molecular complexity index is 777. The first kappa shape index (κ1) is 15.6. The third-order valence-corrected chi connectivity index (χ3v) is 2.66. The number of pyridine rings is 1. The lowest BCUT2D eigenvalue weighted by Gasteiger charge is -2.08. The molecule has 0 saturated carbocycles. The molecule has 23 heavy (non-hydrogen) atoms. The van der Waals surface area contributed by atoms with Gasteiger partial charge in [0.15, 0.2) is 0 Å². The topological polar surface area (TPSA) is 166 Å². The van der Waals surface area contributed by atoms with Crippen molar-refractivity contribution in [3.63, 3.8) is 0 Å². The number of non-ortho nitro benzene ring substituents is 1. The number of nitro benzene ring substituents is 1. The number of nitrogens with one attached hydrogen (secondary N) is 2. The molecule has 2 aromatic rings. The van der Waals surface area contributed by atoms with Crippen LogP contribution < -0.4 is 10.9 Å². The SMILES string of the molecule is O=[N+]([O-])c1ccc(NNc2ncc([N+](=O)[O-])cc2[N+](=O)[O-])cc1. The van der Waals surface area contributed by atoms with Crippen LogP contribution in [0.25, 0.3) is 0 Å². The summed E-state index contributed by atoms with van der Waals surface area (Å²) in [4.78, 5) is 33.5. The number of rotatable bonds is 6. The second kappa shape index (κ2) is 6.30. The summed E-state index contributed by atoms with van der Waals surface area (Å²) >= 11 is 0. The number of aromatic nitrogens is 1. The van der Waals surface area contributed by atoms with Crippen molar-refractivity contribution in [1.29, 1.82) is 0 Å². The smallest absolute Gasteiger partial charge is 0.299 e. The number of hydrazine groups is 1. The lowest BCUT2D eigenvalue weighted by Crippen LogP contribution is -2.12. The third-order valence-electron chi connectivity index (χ3n) is 2.66. The van der Waals surface area contributed by atoms with Crippen LogP contribution in [0.5, 0.6) is 0 Å². The zero-order chi connectivity index (χ0) is 17.0. The zero-order valence-corrected chi connectivity index (χ0v) is 11.2. The molecule has 0 atom stereocenters. The number of nitro groups is 3. The highest BCUT2D eigenvalue weighted by Crippen LogP contribution is 2.26. The number of anilines is 2. The fraction of sp³-hybridized carbons (Fsp3) is 0. The van der Waals surface area contributed by atoms with E-state index >= 15 is 0 Å². The lowest BCUT2D eigenvalue weighted by atomic mass is 10.3. The van der Waals surface area contributed by atoms with Crippen molar-refractivity contribution >= 4 is 28.6 Å². The van der Waals surface area contributed by atoms with Crippen molar-refractivity contribution in [2.45, 2.75) is 0 Å². The molecule has 0 unspecified atom stereocenters. The minimum atomic E-state index is -0.820. The monoisotopic (exact) mass is 320 g/mol. The summed E-state index contributed by atoms with van der Waals surface area (Å²) in [6.45, 7) is 0. The highest BCUT2D eigenvalue weighted by molar-refractivity contribution is 5.62. The van der Waals surface area contributed by atoms with E-state index in [0.717, 1.165) is 12.3 Å². The van der Waals surface area contributed by atoms with Crippen molar-refractivity contribution in [2.75, 3.05) is 10.9 Å². The standard InChI is InChI=1S/C11H8N6O6/c18-15(19)8-3-1-7(2-4-8)13-14-11-10(17(22)23)5-9(6-12-11)16(20)21/h1-6,13H,(H,12,14). The van der Waals surface area contributed by atoms with Gasteiger partial charge in [0.05, 0.1) is 26.5 Å². The molecule has 0 aliphatic rings. The van der Waals surface area contributed by atoms with Crippen molar-refractivity contribution in [1.82, 2.24) is 4.98 Å². The predicted octanol–water partition coefficient (Wildman–Crippen LogP) is 2.25. The van der Waals surface area contributed by atoms with E-state index < -0.39 is 26.1 Å². The van der Waals surface area contributed by atoms with Crippen molar-refractivity contribution in [3.05, 3.63) is 66.9 Å². The number of hydrogen-bond donors (Lipinski definition) is 2. The average molecular weight is 320 g/mol. The molecule has 12 heteroatoms. The van der Waals surface area contributed by atoms with Gasteiger partial charge in [-0.3, -0.25) is 41.2 Å². The summed E-state index contributed by atoms with van der Waals surface area (Å²) in [5.74, 6) is -0.237. The van der Waals surface area contributed by atoms with Crippen LogP contribution in [0.1, 0.15) is 0 Å². The van der Waals surface area contributed by atoms with Gasteiger partial charge in [0.25, 0.3) is 11.4 Å². The fourth-order valence-electron chi connectivity index (χ4n) is 1.58. The summed E-state index contributed by atoms with van der Waals surface area (Å²) in [6.07, 6.45) is 0.868. The second-order valence-corrected chi connectivity index (χ2v) is 4.13. The molecule has 0 saturated heterocycles. The maximum Gasteiger partial charge on any atom is 0.319 e. The molecule has 0 fully saturated rings. The number of benzene rings is 1. The predicted molar refractivity (Wildman–Crippen MR) is 77.9 cm³/mol. The Kier molecular flexibility index (Phi) is 4.26. The summed E-state index contributed by atoms with van der Waals surface area (Å²) < 4.78 is 0. The van der Waals surface area contributed by atoms with Crippen molar-refractivity contribution in [3.8, 4) is 0 Å². The van der Waals surface area contributed by atoms with E-state index in [0.29, 0.717) is 5.69 Å². The van der Waals surface area contributed by atoms with Gasteiger partial charge in [-0.2, -0.15) is 0 Å². The Balaban J connectivity index is 2.18. The normalized spacial score (nSPS) is 9.91. The van der Waals surface area contributed by atoms with Gasteiger partial charge < -0.3 is 0 Å². The Morgan fingerprint density at radius 1 is 0.826 bits per heavy atom. The van der Waals surface area contributed by atoms with Gasteiger partial charge in [0.1, 0.15) is 6.20 Å². The first-order valence-corrected chi connectivity index (χ1v) is 5.94. The van der Waals surface area contributed by atoms with E-state index in [1.54, 1.807) is 0 Å². The van der Waals surface area contributed by atoms with Crippen LogP contribution >= 0.6 is 0 Å². The van der Waals surface area contributed by atoms with Gasteiger partial charge in [-0.1, -0.05) is 0 Å². The minimum absolute atomic E-state index is 0.116. The number of hydrogen-bond acceptors (Lipinski definition) is 9. The van der Waals surface area contributed by atoms with Crippen LogP contribution in [0, 0.1) is 30.3 Å². The van der Waals surface area contributed by atoms with Crippen LogP contribution in [-0.4, -0.2) is 19.8 Å². The molecule has 1 aromatic carbocycles. The molecule has 0 amide bonds. The molecule has 12 nitrogen and oxygen atoms in total. The molecule has 1 heterocycles. The van der Waals surface area contributed by atoms with Gasteiger partial charge in [0.2, 0.25) is 5.82 Å². The largest absolute Gasteiger partial charge is 0.319 e. The van der Waals surface area contributed by atoms with Gasteiger partial charge in [-0.25, -0.2) is 4.98 Å². The Morgan fingerprint density at radius 3 is 1.96 bits per heavy atom. The van der Waals surface area contributed by atoms with Gasteiger partial charge in [-0.05, 0) is 12.1 Å². The maximum atomic E-state index is 10.9. The fourth-order valence-corrected chi connectivity index (χ4v) is 1.58. The van der Waals surface area contributed by atoms with Crippen LogP contribution in [0.15, 0.2) is 36.5 Å². The average Bonchev–Trinajstić information content (AvgIpc) is 2.52. The molecule has 0 aliphatic heterocycles. The van der Waals surface area contributed by atoms with Gasteiger partial charge in [0, 0.05) is 12.1 Å². The van der Waals surface area contributed by atoms with E-state index in [1.807, 2.05) is 0 Å². The summed E-state index contributed by atoms with van der Waals surface area (Å²) in [7, 11) is 0. The van der Waals surface area contributed by atoms with Crippen molar-refractivity contribution < 1.29 is 14.8 Å². The van der Waals surface area contributed by atoms with E-state index in [2.05, 4.69) is 15.8 Å². The Morgan fingerprint density at radius 2 is 1.43 bits per heavy atom. The van der Waals surface area contributed by atoms with E-state index in [1.165, 1.54) is 24.3 Å². The summed E-state index contributed by atoms with van der Waals surface area (Å²) in [5, 5.41) is 32.1. The quantitative estimate of drug-likeness (QED) is 0.599. The van der Waals surface area contributed by atoms with E-state index in [4.69, 9.17) is 0 Å². The molecule has 118 valence electrons. The lowest BCUT2D eigenvalue weighted by molar-refractivity contribution is -0.394. The highest BCUT2D eigenvalue weighted by atomic mass is 16.6. The molecular formula is C11H8N6O6. The van der Waals surface area contributed by atoms with Crippen LogP contribution in [0.3, 0.4) is 0 Å². The molecular weight excluding hydrogens is 312 g/mol. The second-order valence-electron chi connectivity index (χ2n) is 4.13. The highest BCUT2D eigenvalue weighted by Gasteiger charge is 2.21. The Hall–Kier alpha value is -3.83. The molecule has 2 N–H and O–H groups in total. The van der Waals surface area contributed by atoms with E-state index in [9.17, 15) is 30.3 Å². The van der Waals surface area contributed by atoms with Crippen LogP contribution in [0.2, 0.25) is 0 Å². The molecule has 0 bridgehead atoms. The maximum absolute atomic E-state index is 10.9. The summed E-state index contributed by atoms with van der Waals surface area (Å²) in [5.41, 5.74) is 4.15. The zero-order valence-electron chi connectivity index (χ0n) is 11.2. The van der Waals surface area contributed by atoms with Crippen LogP contribution in [0.4, 0.5) is 28.6 Å². The van der Waals surface area contributed by atoms with E-state index in [-0.39, 0.29) is 11.5 Å². The number of nitrogens with zero attached hydrogens (tertiary/aromatic N) is 4. The van der Waals surface area contributed by atoms with Crippen molar-refractivity contribution in [2.24, 2.45) is 0 Å². The molecule has 1 aromatic heterocycles. The summed E-state index contributed by atoms with van der Waals surface area (Å²) in [6, 6.07) is 6.00. The van der Waals surface area contributed by atoms with Gasteiger partial charge >= 0.3 is 5.69 Å². The molecule has 0 aliphatic carbocycles.